The van der Waals surface area contributed by atoms with E-state index in [2.05, 4.69) is 34.2 Å². The SMILES string of the molecule is O=C(O)c1ccnc(N2CCc3ccccc3CC2)n1. The summed E-state index contributed by atoms with van der Waals surface area (Å²) in [6, 6.07) is 9.81. The second-order valence-corrected chi connectivity index (χ2v) is 4.80. The molecule has 3 rings (SSSR count). The largest absolute Gasteiger partial charge is 0.477 e. The second-order valence-electron chi connectivity index (χ2n) is 4.80. The molecule has 1 aliphatic rings. The smallest absolute Gasteiger partial charge is 0.354 e. The van der Waals surface area contributed by atoms with Crippen LogP contribution in [0.2, 0.25) is 0 Å². The molecule has 1 aromatic heterocycles. The molecule has 0 bridgehead atoms. The summed E-state index contributed by atoms with van der Waals surface area (Å²) in [5, 5.41) is 9.00. The third-order valence-electron chi connectivity index (χ3n) is 3.57. The zero-order valence-corrected chi connectivity index (χ0v) is 11.0. The van der Waals surface area contributed by atoms with E-state index in [-0.39, 0.29) is 5.69 Å². The summed E-state index contributed by atoms with van der Waals surface area (Å²) in [4.78, 5) is 21.3. The van der Waals surface area contributed by atoms with Gasteiger partial charge in [-0.15, -0.1) is 0 Å². The van der Waals surface area contributed by atoms with E-state index in [1.807, 2.05) is 4.90 Å². The summed E-state index contributed by atoms with van der Waals surface area (Å²) >= 11 is 0. The molecule has 0 fully saturated rings. The van der Waals surface area contributed by atoms with Gasteiger partial charge in [0.05, 0.1) is 0 Å². The van der Waals surface area contributed by atoms with Gasteiger partial charge in [0.25, 0.3) is 0 Å². The molecule has 5 nitrogen and oxygen atoms in total. The van der Waals surface area contributed by atoms with E-state index < -0.39 is 5.97 Å². The van der Waals surface area contributed by atoms with E-state index in [1.54, 1.807) is 0 Å². The van der Waals surface area contributed by atoms with Gasteiger partial charge in [-0.05, 0) is 30.0 Å². The van der Waals surface area contributed by atoms with Gasteiger partial charge in [-0.2, -0.15) is 0 Å². The van der Waals surface area contributed by atoms with Gasteiger partial charge in [-0.1, -0.05) is 24.3 Å². The molecule has 0 atom stereocenters. The quantitative estimate of drug-likeness (QED) is 0.900. The molecule has 5 heteroatoms. The molecule has 20 heavy (non-hydrogen) atoms. The number of hydrogen-bond donors (Lipinski definition) is 1. The number of anilines is 1. The Morgan fingerprint density at radius 2 is 1.75 bits per heavy atom. The summed E-state index contributed by atoms with van der Waals surface area (Å²) < 4.78 is 0. The van der Waals surface area contributed by atoms with Crippen molar-refractivity contribution < 1.29 is 9.90 Å². The van der Waals surface area contributed by atoms with Gasteiger partial charge in [0, 0.05) is 19.3 Å². The predicted molar refractivity (Wildman–Crippen MR) is 75.1 cm³/mol. The molecule has 1 aromatic carbocycles. The van der Waals surface area contributed by atoms with Crippen LogP contribution in [0.1, 0.15) is 21.6 Å². The molecule has 0 saturated heterocycles. The number of carboxylic acids is 1. The van der Waals surface area contributed by atoms with E-state index >= 15 is 0 Å². The van der Waals surface area contributed by atoms with Gasteiger partial charge >= 0.3 is 5.97 Å². The first-order valence-electron chi connectivity index (χ1n) is 6.62. The standard InChI is InChI=1S/C15H15N3O2/c19-14(20)13-5-8-16-15(17-13)18-9-6-11-3-1-2-4-12(11)7-10-18/h1-5,8H,6-7,9-10H2,(H,19,20). The number of carbonyl (C=O) groups is 1. The maximum absolute atomic E-state index is 11.0. The normalized spacial score (nSPS) is 14.5. The zero-order chi connectivity index (χ0) is 13.9. The summed E-state index contributed by atoms with van der Waals surface area (Å²) in [5.74, 6) is -0.524. The number of benzene rings is 1. The van der Waals surface area contributed by atoms with Gasteiger partial charge in [0.1, 0.15) is 0 Å². The molecule has 2 aromatic rings. The lowest BCUT2D eigenvalue weighted by Crippen LogP contribution is -2.28. The Hall–Kier alpha value is -2.43. The number of aromatic nitrogens is 2. The van der Waals surface area contributed by atoms with Crippen LogP contribution >= 0.6 is 0 Å². The van der Waals surface area contributed by atoms with Crippen molar-refractivity contribution in [2.75, 3.05) is 18.0 Å². The Morgan fingerprint density at radius 3 is 2.35 bits per heavy atom. The van der Waals surface area contributed by atoms with Gasteiger partial charge in [-0.25, -0.2) is 14.8 Å². The van der Waals surface area contributed by atoms with Crippen molar-refractivity contribution in [3.05, 3.63) is 53.3 Å². The van der Waals surface area contributed by atoms with Crippen molar-refractivity contribution in [2.45, 2.75) is 12.8 Å². The fraction of sp³-hybridized carbons (Fsp3) is 0.267. The Balaban J connectivity index is 1.83. The maximum atomic E-state index is 11.0. The van der Waals surface area contributed by atoms with Crippen LogP contribution in [0.25, 0.3) is 0 Å². The monoisotopic (exact) mass is 269 g/mol. The van der Waals surface area contributed by atoms with Gasteiger partial charge in [0.2, 0.25) is 5.95 Å². The molecule has 0 radical (unpaired) electrons. The van der Waals surface area contributed by atoms with Gasteiger partial charge in [-0.3, -0.25) is 0 Å². The van der Waals surface area contributed by atoms with Crippen LogP contribution < -0.4 is 4.90 Å². The number of aromatic carboxylic acids is 1. The highest BCUT2D eigenvalue weighted by Crippen LogP contribution is 2.18. The van der Waals surface area contributed by atoms with E-state index in [0.29, 0.717) is 5.95 Å². The summed E-state index contributed by atoms with van der Waals surface area (Å²) in [6.45, 7) is 1.61. The summed E-state index contributed by atoms with van der Waals surface area (Å²) in [6.07, 6.45) is 3.36. The lowest BCUT2D eigenvalue weighted by molar-refractivity contribution is 0.0690. The molecule has 0 unspecified atom stereocenters. The predicted octanol–water partition coefficient (Wildman–Crippen LogP) is 1.78. The molecular formula is C15H15N3O2. The third kappa shape index (κ3) is 2.47. The number of fused-ring (bicyclic) bond motifs is 1. The van der Waals surface area contributed by atoms with Gasteiger partial charge in [0.15, 0.2) is 5.69 Å². The summed E-state index contributed by atoms with van der Waals surface area (Å²) in [5.41, 5.74) is 2.74. The zero-order valence-electron chi connectivity index (χ0n) is 11.0. The van der Waals surface area contributed by atoms with Crippen LogP contribution in [0.15, 0.2) is 36.5 Å². The Bertz CT molecular complexity index is 616. The molecule has 0 saturated carbocycles. The van der Waals surface area contributed by atoms with E-state index in [1.165, 1.54) is 23.4 Å². The average Bonchev–Trinajstić information content (AvgIpc) is 2.70. The van der Waals surface area contributed by atoms with Crippen LogP contribution in [-0.4, -0.2) is 34.1 Å². The Kier molecular flexibility index (Phi) is 3.33. The Labute approximate surface area is 116 Å². The van der Waals surface area contributed by atoms with Crippen molar-refractivity contribution in [3.8, 4) is 0 Å². The first-order valence-corrected chi connectivity index (χ1v) is 6.62. The lowest BCUT2D eigenvalue weighted by Gasteiger charge is -2.19. The minimum atomic E-state index is -1.02. The van der Waals surface area contributed by atoms with Crippen LogP contribution in [0.3, 0.4) is 0 Å². The highest BCUT2D eigenvalue weighted by molar-refractivity contribution is 5.85. The molecule has 2 heterocycles. The van der Waals surface area contributed by atoms with E-state index in [9.17, 15) is 4.79 Å². The van der Waals surface area contributed by atoms with Crippen LogP contribution in [0, 0.1) is 0 Å². The molecule has 1 N–H and O–H groups in total. The summed E-state index contributed by atoms with van der Waals surface area (Å²) in [7, 11) is 0. The fourth-order valence-corrected chi connectivity index (χ4v) is 2.49. The average molecular weight is 269 g/mol. The van der Waals surface area contributed by atoms with Gasteiger partial charge < -0.3 is 10.0 Å². The van der Waals surface area contributed by atoms with Crippen LogP contribution in [-0.2, 0) is 12.8 Å². The topological polar surface area (TPSA) is 66.3 Å². The number of nitrogens with zero attached hydrogens (tertiary/aromatic N) is 3. The molecule has 1 aliphatic heterocycles. The molecular weight excluding hydrogens is 254 g/mol. The highest BCUT2D eigenvalue weighted by atomic mass is 16.4. The van der Waals surface area contributed by atoms with Crippen molar-refractivity contribution in [2.24, 2.45) is 0 Å². The van der Waals surface area contributed by atoms with Crippen molar-refractivity contribution in [3.63, 3.8) is 0 Å². The van der Waals surface area contributed by atoms with Crippen molar-refractivity contribution in [1.29, 1.82) is 0 Å². The molecule has 0 amide bonds. The molecule has 102 valence electrons. The first kappa shape index (κ1) is 12.6. The minimum Gasteiger partial charge on any atom is -0.477 e. The highest BCUT2D eigenvalue weighted by Gasteiger charge is 2.17. The van der Waals surface area contributed by atoms with Crippen molar-refractivity contribution in [1.82, 2.24) is 9.97 Å². The maximum Gasteiger partial charge on any atom is 0.354 e. The minimum absolute atomic E-state index is 0.0387. The van der Waals surface area contributed by atoms with E-state index in [4.69, 9.17) is 5.11 Å². The van der Waals surface area contributed by atoms with Crippen LogP contribution in [0.4, 0.5) is 5.95 Å². The number of hydrogen-bond acceptors (Lipinski definition) is 4. The molecule has 0 spiro atoms. The first-order chi connectivity index (χ1) is 9.74. The second kappa shape index (κ2) is 5.28. The Morgan fingerprint density at radius 1 is 1.10 bits per heavy atom. The lowest BCUT2D eigenvalue weighted by atomic mass is 10.0. The van der Waals surface area contributed by atoms with Crippen LogP contribution in [0.5, 0.6) is 0 Å². The number of carboxylic acid groups (broad SMARTS) is 1. The van der Waals surface area contributed by atoms with E-state index in [0.717, 1.165) is 25.9 Å². The number of rotatable bonds is 2. The third-order valence-corrected chi connectivity index (χ3v) is 3.57. The molecule has 0 aliphatic carbocycles. The fourth-order valence-electron chi connectivity index (χ4n) is 2.49. The van der Waals surface area contributed by atoms with Crippen molar-refractivity contribution >= 4 is 11.9 Å².